The van der Waals surface area contributed by atoms with E-state index >= 15 is 0 Å². The summed E-state index contributed by atoms with van der Waals surface area (Å²) >= 11 is 0. The zero-order valence-electron chi connectivity index (χ0n) is 25.5. The molecule has 0 unspecified atom stereocenters. The molecule has 0 amide bonds. The second-order valence-corrected chi connectivity index (χ2v) is 11.7. The third kappa shape index (κ3) is 4.66. The van der Waals surface area contributed by atoms with Gasteiger partial charge < -0.3 is 4.57 Å². The lowest BCUT2D eigenvalue weighted by atomic mass is 10.00. The van der Waals surface area contributed by atoms with Crippen molar-refractivity contribution in [2.24, 2.45) is 0 Å². The van der Waals surface area contributed by atoms with E-state index in [4.69, 9.17) is 15.0 Å². The van der Waals surface area contributed by atoms with Crippen molar-refractivity contribution in [1.82, 2.24) is 19.5 Å². The monoisotopic (exact) mass is 600 g/mol. The third-order valence-electron chi connectivity index (χ3n) is 8.80. The fourth-order valence-corrected chi connectivity index (χ4v) is 6.60. The van der Waals surface area contributed by atoms with Crippen LogP contribution in [-0.4, -0.2) is 19.5 Å². The Hall–Kier alpha value is -6.39. The van der Waals surface area contributed by atoms with Gasteiger partial charge in [-0.1, -0.05) is 140 Å². The summed E-state index contributed by atoms with van der Waals surface area (Å²) in [6, 6.07) is 58.9. The van der Waals surface area contributed by atoms with E-state index in [1.165, 1.54) is 5.39 Å². The van der Waals surface area contributed by atoms with Gasteiger partial charge in [0.1, 0.15) is 0 Å². The number of para-hydroxylation sites is 3. The summed E-state index contributed by atoms with van der Waals surface area (Å²) in [5.41, 5.74) is 11.3. The lowest BCUT2D eigenvalue weighted by Gasteiger charge is -2.12. The smallest absolute Gasteiger partial charge is 0.160 e. The Balaban J connectivity index is 1.24. The van der Waals surface area contributed by atoms with Crippen LogP contribution in [0.4, 0.5) is 0 Å². The van der Waals surface area contributed by atoms with E-state index in [1.807, 2.05) is 36.4 Å². The van der Waals surface area contributed by atoms with Crippen LogP contribution in [0.2, 0.25) is 0 Å². The maximum Gasteiger partial charge on any atom is 0.160 e. The van der Waals surface area contributed by atoms with Gasteiger partial charge in [0, 0.05) is 44.1 Å². The van der Waals surface area contributed by atoms with E-state index < -0.39 is 0 Å². The molecule has 0 spiro atoms. The van der Waals surface area contributed by atoms with Gasteiger partial charge in [0.2, 0.25) is 0 Å². The van der Waals surface area contributed by atoms with Crippen molar-refractivity contribution in [2.75, 3.05) is 0 Å². The SMILES string of the molecule is c1ccc(-c2cc(-c3ccc(-c4nc5ccccc5c5c4c4ccccc4n5-c4ccccc4)cc3)nc(-c3ccccc3)n2)cc1. The van der Waals surface area contributed by atoms with E-state index in [0.29, 0.717) is 5.82 Å². The van der Waals surface area contributed by atoms with Gasteiger partial charge in [-0.25, -0.2) is 15.0 Å². The minimum atomic E-state index is 0.706. The normalized spacial score (nSPS) is 11.4. The second kappa shape index (κ2) is 11.2. The van der Waals surface area contributed by atoms with E-state index in [9.17, 15) is 0 Å². The Kier molecular flexibility index (Phi) is 6.43. The second-order valence-electron chi connectivity index (χ2n) is 11.7. The van der Waals surface area contributed by atoms with Crippen LogP contribution in [0.5, 0.6) is 0 Å². The average molecular weight is 601 g/mol. The molecule has 220 valence electrons. The molecular formula is C43H28N4. The van der Waals surface area contributed by atoms with Crippen molar-refractivity contribution < 1.29 is 0 Å². The molecule has 0 fully saturated rings. The molecule has 0 aliphatic heterocycles. The van der Waals surface area contributed by atoms with Crippen molar-refractivity contribution in [3.05, 3.63) is 170 Å². The first-order valence-corrected chi connectivity index (χ1v) is 15.8. The fourth-order valence-electron chi connectivity index (χ4n) is 6.60. The summed E-state index contributed by atoms with van der Waals surface area (Å²) in [5.74, 6) is 0.706. The Morgan fingerprint density at radius 3 is 1.64 bits per heavy atom. The number of hydrogen-bond acceptors (Lipinski definition) is 3. The molecule has 0 radical (unpaired) electrons. The molecule has 3 heterocycles. The standard InChI is InChI=1S/C43H28N4/c1-4-14-29(15-5-1)37-28-38(46-43(45-37)32-16-6-2-7-17-32)30-24-26-31(27-25-30)41-40-35-21-11-13-23-39(35)47(33-18-8-3-9-19-33)42(40)34-20-10-12-22-36(34)44-41/h1-28H. The first-order chi connectivity index (χ1) is 23.3. The van der Waals surface area contributed by atoms with Crippen molar-refractivity contribution >= 4 is 32.7 Å². The molecule has 0 aliphatic carbocycles. The minimum absolute atomic E-state index is 0.706. The van der Waals surface area contributed by atoms with Crippen LogP contribution in [0.1, 0.15) is 0 Å². The van der Waals surface area contributed by atoms with Crippen LogP contribution in [0, 0.1) is 0 Å². The molecule has 0 aliphatic rings. The Labute approximate surface area is 272 Å². The number of aromatic nitrogens is 4. The van der Waals surface area contributed by atoms with Crippen LogP contribution in [0.15, 0.2) is 170 Å². The number of pyridine rings is 1. The number of hydrogen-bond donors (Lipinski definition) is 0. The van der Waals surface area contributed by atoms with Gasteiger partial charge >= 0.3 is 0 Å². The van der Waals surface area contributed by atoms with Gasteiger partial charge in [-0.3, -0.25) is 0 Å². The molecule has 0 atom stereocenters. The van der Waals surface area contributed by atoms with Crippen LogP contribution < -0.4 is 0 Å². The van der Waals surface area contributed by atoms with E-state index in [-0.39, 0.29) is 0 Å². The minimum Gasteiger partial charge on any atom is -0.308 e. The Bertz CT molecular complexity index is 2480. The van der Waals surface area contributed by atoms with Gasteiger partial charge in [-0.2, -0.15) is 0 Å². The van der Waals surface area contributed by atoms with Crippen LogP contribution in [0.25, 0.3) is 83.6 Å². The molecule has 0 saturated carbocycles. The van der Waals surface area contributed by atoms with Gasteiger partial charge in [-0.15, -0.1) is 0 Å². The third-order valence-corrected chi connectivity index (χ3v) is 8.80. The van der Waals surface area contributed by atoms with Gasteiger partial charge in [0.05, 0.1) is 33.6 Å². The number of fused-ring (bicyclic) bond motifs is 5. The lowest BCUT2D eigenvalue weighted by Crippen LogP contribution is -1.96. The summed E-state index contributed by atoms with van der Waals surface area (Å²) < 4.78 is 2.38. The highest BCUT2D eigenvalue weighted by Gasteiger charge is 2.20. The Morgan fingerprint density at radius 2 is 0.936 bits per heavy atom. The van der Waals surface area contributed by atoms with Crippen molar-refractivity contribution in [3.8, 4) is 50.8 Å². The molecule has 4 nitrogen and oxygen atoms in total. The first kappa shape index (κ1) is 27.0. The van der Waals surface area contributed by atoms with E-state index in [2.05, 4.69) is 138 Å². The molecular weight excluding hydrogens is 573 g/mol. The van der Waals surface area contributed by atoms with Crippen LogP contribution in [-0.2, 0) is 0 Å². The van der Waals surface area contributed by atoms with Gasteiger partial charge in [0.25, 0.3) is 0 Å². The molecule has 3 aromatic heterocycles. The molecule has 9 rings (SSSR count). The number of benzene rings is 6. The zero-order valence-corrected chi connectivity index (χ0v) is 25.5. The quantitative estimate of drug-likeness (QED) is 0.197. The van der Waals surface area contributed by atoms with Gasteiger partial charge in [-0.05, 0) is 30.3 Å². The highest BCUT2D eigenvalue weighted by molar-refractivity contribution is 6.22. The molecule has 0 bridgehead atoms. The van der Waals surface area contributed by atoms with Crippen molar-refractivity contribution in [2.45, 2.75) is 0 Å². The summed E-state index contributed by atoms with van der Waals surface area (Å²) in [6.45, 7) is 0. The molecule has 0 saturated heterocycles. The summed E-state index contributed by atoms with van der Waals surface area (Å²) in [7, 11) is 0. The van der Waals surface area contributed by atoms with E-state index in [1.54, 1.807) is 0 Å². The fraction of sp³-hybridized carbons (Fsp3) is 0. The highest BCUT2D eigenvalue weighted by Crippen LogP contribution is 2.41. The molecule has 47 heavy (non-hydrogen) atoms. The summed E-state index contributed by atoms with van der Waals surface area (Å²) in [5, 5.41) is 3.46. The molecule has 4 heteroatoms. The summed E-state index contributed by atoms with van der Waals surface area (Å²) in [6.07, 6.45) is 0. The predicted octanol–water partition coefficient (Wildman–Crippen LogP) is 10.8. The summed E-state index contributed by atoms with van der Waals surface area (Å²) in [4.78, 5) is 15.3. The first-order valence-electron chi connectivity index (χ1n) is 15.8. The maximum atomic E-state index is 5.30. The molecule has 6 aromatic carbocycles. The van der Waals surface area contributed by atoms with Crippen LogP contribution >= 0.6 is 0 Å². The zero-order chi connectivity index (χ0) is 31.2. The predicted molar refractivity (Wildman–Crippen MR) is 193 cm³/mol. The Morgan fingerprint density at radius 1 is 0.404 bits per heavy atom. The lowest BCUT2D eigenvalue weighted by molar-refractivity contribution is 1.18. The number of rotatable bonds is 5. The topological polar surface area (TPSA) is 43.6 Å². The van der Waals surface area contributed by atoms with E-state index in [0.717, 1.165) is 72.3 Å². The van der Waals surface area contributed by atoms with Crippen molar-refractivity contribution in [3.63, 3.8) is 0 Å². The average Bonchev–Trinajstić information content (AvgIpc) is 3.51. The van der Waals surface area contributed by atoms with Crippen molar-refractivity contribution in [1.29, 1.82) is 0 Å². The molecule has 9 aromatic rings. The maximum absolute atomic E-state index is 5.30. The highest BCUT2D eigenvalue weighted by atomic mass is 15.0. The molecule has 0 N–H and O–H groups in total. The largest absolute Gasteiger partial charge is 0.308 e. The van der Waals surface area contributed by atoms with Crippen LogP contribution in [0.3, 0.4) is 0 Å². The van der Waals surface area contributed by atoms with Gasteiger partial charge in [0.15, 0.2) is 5.82 Å². The number of nitrogens with zero attached hydrogens (tertiary/aromatic N) is 4.